The molecule has 0 unspecified atom stereocenters. The Morgan fingerprint density at radius 3 is 3.26 bits per heavy atom. The summed E-state index contributed by atoms with van der Waals surface area (Å²) in [5, 5.41) is 20.0. The lowest BCUT2D eigenvalue weighted by molar-refractivity contribution is 0.0279. The van der Waals surface area contributed by atoms with Gasteiger partial charge in [0.15, 0.2) is 5.82 Å². The second-order valence-corrected chi connectivity index (χ2v) is 6.90. The third-order valence-corrected chi connectivity index (χ3v) is 4.84. The first-order chi connectivity index (χ1) is 11.2. The number of fused-ring (bicyclic) bond motifs is 1. The predicted octanol–water partition coefficient (Wildman–Crippen LogP) is 1.38. The van der Waals surface area contributed by atoms with Gasteiger partial charge in [0.1, 0.15) is 5.82 Å². The molecule has 1 aliphatic rings. The van der Waals surface area contributed by atoms with Crippen LogP contribution in [0.15, 0.2) is 17.5 Å². The van der Waals surface area contributed by atoms with E-state index in [4.69, 9.17) is 4.74 Å². The van der Waals surface area contributed by atoms with Crippen LogP contribution < -0.4 is 5.32 Å². The number of aliphatic hydroxyl groups is 1. The van der Waals surface area contributed by atoms with Gasteiger partial charge >= 0.3 is 0 Å². The number of rotatable bonds is 8. The minimum absolute atomic E-state index is 0.334. The predicted molar refractivity (Wildman–Crippen MR) is 89.5 cm³/mol. The van der Waals surface area contributed by atoms with Crippen LogP contribution in [0.5, 0.6) is 0 Å². The van der Waals surface area contributed by atoms with Crippen LogP contribution in [0.1, 0.15) is 29.9 Å². The van der Waals surface area contributed by atoms with Gasteiger partial charge in [0.25, 0.3) is 0 Å². The van der Waals surface area contributed by atoms with E-state index in [1.54, 1.807) is 11.3 Å². The van der Waals surface area contributed by atoms with E-state index in [9.17, 15) is 5.11 Å². The van der Waals surface area contributed by atoms with Crippen LogP contribution >= 0.6 is 11.3 Å². The van der Waals surface area contributed by atoms with E-state index in [-0.39, 0.29) is 0 Å². The highest BCUT2D eigenvalue weighted by molar-refractivity contribution is 7.09. The minimum atomic E-state index is -0.488. The lowest BCUT2D eigenvalue weighted by Gasteiger charge is -2.24. The standard InChI is InChI=1S/C16H24N4O2S/c1-2-15-18-16-6-5-12(9-20(16)19-15)17-8-13(21)10-22-11-14-4-3-7-23-14/h3-4,7,12-13,17,21H,2,5-6,8-11H2,1H3/t12-,13+/m1/s1. The van der Waals surface area contributed by atoms with Gasteiger partial charge in [0, 0.05) is 30.3 Å². The zero-order chi connectivity index (χ0) is 16.1. The van der Waals surface area contributed by atoms with Gasteiger partial charge < -0.3 is 15.2 Å². The van der Waals surface area contributed by atoms with Gasteiger partial charge in [0.05, 0.1) is 25.9 Å². The van der Waals surface area contributed by atoms with Crippen molar-refractivity contribution < 1.29 is 9.84 Å². The van der Waals surface area contributed by atoms with Crippen molar-refractivity contribution in [3.8, 4) is 0 Å². The second kappa shape index (κ2) is 8.01. The first kappa shape index (κ1) is 16.6. The maximum Gasteiger partial charge on any atom is 0.150 e. The monoisotopic (exact) mass is 336 g/mol. The van der Waals surface area contributed by atoms with Crippen LogP contribution in [-0.4, -0.2) is 45.2 Å². The number of thiophene rings is 1. The average molecular weight is 336 g/mol. The van der Waals surface area contributed by atoms with Gasteiger partial charge in [-0.3, -0.25) is 0 Å². The molecule has 6 nitrogen and oxygen atoms in total. The van der Waals surface area contributed by atoms with E-state index in [2.05, 4.69) is 22.3 Å². The summed E-state index contributed by atoms with van der Waals surface area (Å²) in [6, 6.07) is 4.38. The molecule has 0 amide bonds. The Kier molecular flexibility index (Phi) is 5.77. The van der Waals surface area contributed by atoms with Crippen molar-refractivity contribution >= 4 is 11.3 Å². The maximum atomic E-state index is 10.0. The van der Waals surface area contributed by atoms with Gasteiger partial charge in [-0.2, -0.15) is 5.10 Å². The smallest absolute Gasteiger partial charge is 0.150 e. The molecule has 0 saturated heterocycles. The van der Waals surface area contributed by atoms with Crippen molar-refractivity contribution in [3.63, 3.8) is 0 Å². The molecular formula is C16H24N4O2S. The molecular weight excluding hydrogens is 312 g/mol. The molecule has 0 spiro atoms. The molecule has 23 heavy (non-hydrogen) atoms. The summed E-state index contributed by atoms with van der Waals surface area (Å²) in [5.74, 6) is 2.00. The Labute approximate surface area is 140 Å². The second-order valence-electron chi connectivity index (χ2n) is 5.87. The quantitative estimate of drug-likeness (QED) is 0.762. The molecule has 0 saturated carbocycles. The van der Waals surface area contributed by atoms with Crippen molar-refractivity contribution in [1.82, 2.24) is 20.1 Å². The summed E-state index contributed by atoms with van der Waals surface area (Å²) in [7, 11) is 0. The zero-order valence-corrected chi connectivity index (χ0v) is 14.3. The molecule has 0 radical (unpaired) electrons. The molecule has 126 valence electrons. The SMILES string of the molecule is CCc1nc2n(n1)C[C@H](NC[C@H](O)COCc1cccs1)CC2. The van der Waals surface area contributed by atoms with Crippen molar-refractivity contribution in [1.29, 1.82) is 0 Å². The van der Waals surface area contributed by atoms with Crippen LogP contribution in [0.4, 0.5) is 0 Å². The average Bonchev–Trinajstić information content (AvgIpc) is 3.21. The molecule has 2 aromatic heterocycles. The van der Waals surface area contributed by atoms with E-state index >= 15 is 0 Å². The van der Waals surface area contributed by atoms with Crippen LogP contribution in [0, 0.1) is 0 Å². The summed E-state index contributed by atoms with van der Waals surface area (Å²) in [6.45, 7) is 4.36. The highest BCUT2D eigenvalue weighted by atomic mass is 32.1. The molecule has 3 rings (SSSR count). The lowest BCUT2D eigenvalue weighted by Crippen LogP contribution is -2.42. The van der Waals surface area contributed by atoms with E-state index < -0.39 is 6.10 Å². The van der Waals surface area contributed by atoms with Crippen LogP contribution in [0.3, 0.4) is 0 Å². The number of nitrogens with zero attached hydrogens (tertiary/aromatic N) is 3. The van der Waals surface area contributed by atoms with Crippen molar-refractivity contribution in [2.45, 2.75) is 51.5 Å². The fourth-order valence-electron chi connectivity index (χ4n) is 2.73. The Hall–Kier alpha value is -1.28. The van der Waals surface area contributed by atoms with E-state index in [1.165, 1.54) is 4.88 Å². The molecule has 0 aliphatic carbocycles. The molecule has 2 aromatic rings. The number of aromatic nitrogens is 3. The van der Waals surface area contributed by atoms with Crippen LogP contribution in [-0.2, 0) is 30.7 Å². The Morgan fingerprint density at radius 1 is 1.57 bits per heavy atom. The van der Waals surface area contributed by atoms with E-state index in [0.717, 1.165) is 37.5 Å². The minimum Gasteiger partial charge on any atom is -0.389 e. The highest BCUT2D eigenvalue weighted by Crippen LogP contribution is 2.13. The number of nitrogens with one attached hydrogen (secondary N) is 1. The van der Waals surface area contributed by atoms with Crippen molar-refractivity contribution in [2.75, 3.05) is 13.2 Å². The third kappa shape index (κ3) is 4.60. The molecule has 0 aromatic carbocycles. The first-order valence-corrected chi connectivity index (χ1v) is 9.06. The molecule has 3 heterocycles. The Morgan fingerprint density at radius 2 is 2.48 bits per heavy atom. The van der Waals surface area contributed by atoms with E-state index in [0.29, 0.717) is 25.8 Å². The zero-order valence-electron chi connectivity index (χ0n) is 13.4. The van der Waals surface area contributed by atoms with Gasteiger partial charge in [-0.05, 0) is 17.9 Å². The van der Waals surface area contributed by atoms with Crippen LogP contribution in [0.25, 0.3) is 0 Å². The molecule has 1 aliphatic heterocycles. The fraction of sp³-hybridized carbons (Fsp3) is 0.625. The van der Waals surface area contributed by atoms with Crippen LogP contribution in [0.2, 0.25) is 0 Å². The Balaban J connectivity index is 1.37. The summed E-state index contributed by atoms with van der Waals surface area (Å²) in [4.78, 5) is 5.70. The van der Waals surface area contributed by atoms with Gasteiger partial charge in [-0.15, -0.1) is 11.3 Å². The lowest BCUT2D eigenvalue weighted by atomic mass is 10.1. The molecule has 0 bridgehead atoms. The van der Waals surface area contributed by atoms with Gasteiger partial charge in [0.2, 0.25) is 0 Å². The number of aliphatic hydroxyl groups excluding tert-OH is 1. The topological polar surface area (TPSA) is 72.2 Å². The molecule has 0 fully saturated rings. The number of hydrogen-bond acceptors (Lipinski definition) is 6. The van der Waals surface area contributed by atoms with Gasteiger partial charge in [-0.1, -0.05) is 13.0 Å². The summed E-state index contributed by atoms with van der Waals surface area (Å²) in [5.41, 5.74) is 0. The molecule has 7 heteroatoms. The van der Waals surface area contributed by atoms with Crippen molar-refractivity contribution in [3.05, 3.63) is 34.0 Å². The number of hydrogen-bond donors (Lipinski definition) is 2. The first-order valence-electron chi connectivity index (χ1n) is 8.18. The number of ether oxygens (including phenoxy) is 1. The maximum absolute atomic E-state index is 10.0. The third-order valence-electron chi connectivity index (χ3n) is 3.99. The fourth-order valence-corrected chi connectivity index (χ4v) is 3.37. The summed E-state index contributed by atoms with van der Waals surface area (Å²) >= 11 is 1.67. The number of aryl methyl sites for hydroxylation is 2. The summed E-state index contributed by atoms with van der Waals surface area (Å²) in [6.07, 6.45) is 2.36. The highest BCUT2D eigenvalue weighted by Gasteiger charge is 2.21. The largest absolute Gasteiger partial charge is 0.389 e. The molecule has 2 atom stereocenters. The molecule has 2 N–H and O–H groups in total. The van der Waals surface area contributed by atoms with E-state index in [1.807, 2.05) is 22.2 Å². The van der Waals surface area contributed by atoms with Crippen molar-refractivity contribution in [2.24, 2.45) is 0 Å². The Bertz CT molecular complexity index is 599. The van der Waals surface area contributed by atoms with Gasteiger partial charge in [-0.25, -0.2) is 9.67 Å². The normalized spacial score (nSPS) is 18.8. The summed E-state index contributed by atoms with van der Waals surface area (Å²) < 4.78 is 7.55.